The number of carbonyl (C=O) groups is 1. The largest absolute Gasteiger partial charge is 0.462 e. The predicted octanol–water partition coefficient (Wildman–Crippen LogP) is 1.25. The van der Waals surface area contributed by atoms with Gasteiger partial charge in [0, 0.05) is 19.6 Å². The Kier molecular flexibility index (Phi) is 5.05. The van der Waals surface area contributed by atoms with E-state index in [1.54, 1.807) is 12.3 Å². The van der Waals surface area contributed by atoms with Gasteiger partial charge in [0.25, 0.3) is 5.56 Å². The molecule has 0 fully saturated rings. The van der Waals surface area contributed by atoms with Crippen molar-refractivity contribution in [3.63, 3.8) is 0 Å². The van der Waals surface area contributed by atoms with Crippen molar-refractivity contribution in [3.05, 3.63) is 27.6 Å². The minimum atomic E-state index is -0.563. The van der Waals surface area contributed by atoms with Gasteiger partial charge in [-0.3, -0.25) is 9.36 Å². The summed E-state index contributed by atoms with van der Waals surface area (Å²) in [6.07, 6.45) is 0.854. The molecule has 2 aromatic heterocycles. The summed E-state index contributed by atoms with van der Waals surface area (Å²) in [6.45, 7) is 2.15. The van der Waals surface area contributed by atoms with E-state index in [1.807, 2.05) is 0 Å². The van der Waals surface area contributed by atoms with Crippen molar-refractivity contribution in [1.82, 2.24) is 9.55 Å². The highest BCUT2D eigenvalue weighted by Crippen LogP contribution is 2.21. The number of hydrogen-bond donors (Lipinski definition) is 0. The number of methoxy groups -OCH3 is 2. The van der Waals surface area contributed by atoms with Gasteiger partial charge in [0.2, 0.25) is 0 Å². The maximum absolute atomic E-state index is 12.5. The highest BCUT2D eigenvalue weighted by atomic mass is 32.1. The second-order valence-corrected chi connectivity index (χ2v) is 5.01. The van der Waals surface area contributed by atoms with Crippen LogP contribution in [0.25, 0.3) is 10.2 Å². The SMILES string of the molecule is CCOC(=O)c1csc2ncn(CC(OC)OC)c(=O)c12. The molecule has 0 saturated carbocycles. The third-order valence-electron chi connectivity index (χ3n) is 2.93. The molecule has 0 atom stereocenters. The molecular formula is C13H16N2O5S. The molecule has 0 N–H and O–H groups in total. The average molecular weight is 312 g/mol. The minimum Gasteiger partial charge on any atom is -0.462 e. The molecule has 7 nitrogen and oxygen atoms in total. The lowest BCUT2D eigenvalue weighted by Gasteiger charge is -2.14. The first kappa shape index (κ1) is 15.6. The van der Waals surface area contributed by atoms with Crippen molar-refractivity contribution in [2.45, 2.75) is 19.8 Å². The van der Waals surface area contributed by atoms with Crippen LogP contribution in [0.4, 0.5) is 0 Å². The molecule has 0 bridgehead atoms. The monoisotopic (exact) mass is 312 g/mol. The molecule has 0 aliphatic heterocycles. The maximum Gasteiger partial charge on any atom is 0.339 e. The Balaban J connectivity index is 2.47. The van der Waals surface area contributed by atoms with E-state index in [0.29, 0.717) is 4.83 Å². The van der Waals surface area contributed by atoms with E-state index in [-0.39, 0.29) is 29.7 Å². The lowest BCUT2D eigenvalue weighted by Crippen LogP contribution is -2.29. The molecule has 0 radical (unpaired) electrons. The van der Waals surface area contributed by atoms with E-state index in [4.69, 9.17) is 14.2 Å². The first-order chi connectivity index (χ1) is 10.1. The molecule has 8 heteroatoms. The second-order valence-electron chi connectivity index (χ2n) is 4.15. The number of fused-ring (bicyclic) bond motifs is 1. The van der Waals surface area contributed by atoms with Crippen LogP contribution in [0, 0.1) is 0 Å². The van der Waals surface area contributed by atoms with Gasteiger partial charge in [-0.05, 0) is 6.92 Å². The molecular weight excluding hydrogens is 296 g/mol. The van der Waals surface area contributed by atoms with Crippen LogP contribution < -0.4 is 5.56 Å². The minimum absolute atomic E-state index is 0.187. The lowest BCUT2D eigenvalue weighted by atomic mass is 10.2. The molecule has 114 valence electrons. The fraction of sp³-hybridized carbons (Fsp3) is 0.462. The summed E-state index contributed by atoms with van der Waals surface area (Å²) in [5.74, 6) is -0.518. The molecule has 0 saturated heterocycles. The molecule has 2 heterocycles. The maximum atomic E-state index is 12.5. The number of nitrogens with zero attached hydrogens (tertiary/aromatic N) is 2. The van der Waals surface area contributed by atoms with E-state index >= 15 is 0 Å². The van der Waals surface area contributed by atoms with Gasteiger partial charge < -0.3 is 14.2 Å². The lowest BCUT2D eigenvalue weighted by molar-refractivity contribution is -0.111. The van der Waals surface area contributed by atoms with Crippen LogP contribution in [0.1, 0.15) is 17.3 Å². The van der Waals surface area contributed by atoms with Gasteiger partial charge in [-0.25, -0.2) is 9.78 Å². The van der Waals surface area contributed by atoms with Gasteiger partial charge in [0.1, 0.15) is 4.83 Å². The van der Waals surface area contributed by atoms with E-state index in [2.05, 4.69) is 4.98 Å². The van der Waals surface area contributed by atoms with Gasteiger partial charge in [0.15, 0.2) is 6.29 Å². The number of aromatic nitrogens is 2. The third kappa shape index (κ3) is 3.12. The molecule has 2 aromatic rings. The first-order valence-corrected chi connectivity index (χ1v) is 7.19. The normalized spacial score (nSPS) is 11.2. The standard InChI is InChI=1S/C13H16N2O5S/c1-4-20-13(17)8-6-21-11-10(8)12(16)15(7-14-11)5-9(18-2)19-3/h6-7,9H,4-5H2,1-3H3. The Morgan fingerprint density at radius 2 is 2.14 bits per heavy atom. The third-order valence-corrected chi connectivity index (χ3v) is 3.81. The first-order valence-electron chi connectivity index (χ1n) is 6.31. The zero-order valence-corrected chi connectivity index (χ0v) is 12.8. The van der Waals surface area contributed by atoms with Gasteiger partial charge in [-0.15, -0.1) is 11.3 Å². The van der Waals surface area contributed by atoms with Crippen molar-refractivity contribution in [3.8, 4) is 0 Å². The van der Waals surface area contributed by atoms with Crippen molar-refractivity contribution in [1.29, 1.82) is 0 Å². The average Bonchev–Trinajstić information content (AvgIpc) is 2.92. The molecule has 0 spiro atoms. The quantitative estimate of drug-likeness (QED) is 0.590. The van der Waals surface area contributed by atoms with Crippen LogP contribution in [0.15, 0.2) is 16.5 Å². The summed E-state index contributed by atoms with van der Waals surface area (Å²) in [7, 11) is 2.97. The fourth-order valence-electron chi connectivity index (χ4n) is 1.86. The summed E-state index contributed by atoms with van der Waals surface area (Å²) in [4.78, 5) is 29.1. The molecule has 0 unspecified atom stereocenters. The van der Waals surface area contributed by atoms with Gasteiger partial charge in [-0.2, -0.15) is 0 Å². The van der Waals surface area contributed by atoms with Crippen molar-refractivity contribution in [2.75, 3.05) is 20.8 Å². The van der Waals surface area contributed by atoms with Crippen LogP contribution >= 0.6 is 11.3 Å². The summed E-state index contributed by atoms with van der Waals surface area (Å²) < 4.78 is 16.5. The van der Waals surface area contributed by atoms with Crippen LogP contribution in [0.5, 0.6) is 0 Å². The van der Waals surface area contributed by atoms with Crippen molar-refractivity contribution < 1.29 is 19.0 Å². The van der Waals surface area contributed by atoms with E-state index in [9.17, 15) is 9.59 Å². The van der Waals surface area contributed by atoms with E-state index in [1.165, 1.54) is 36.5 Å². The molecule has 0 aliphatic rings. The summed E-state index contributed by atoms with van der Waals surface area (Å²) >= 11 is 1.23. The smallest absolute Gasteiger partial charge is 0.339 e. The summed E-state index contributed by atoms with van der Waals surface area (Å²) in [5, 5.41) is 1.86. The van der Waals surface area contributed by atoms with Crippen LogP contribution in [0.3, 0.4) is 0 Å². The van der Waals surface area contributed by atoms with Crippen LogP contribution in [-0.4, -0.2) is 42.6 Å². The second kappa shape index (κ2) is 6.79. The molecule has 21 heavy (non-hydrogen) atoms. The number of ether oxygens (including phenoxy) is 3. The van der Waals surface area contributed by atoms with Crippen LogP contribution in [-0.2, 0) is 20.8 Å². The zero-order chi connectivity index (χ0) is 15.4. The Labute approximate surface area is 125 Å². The van der Waals surface area contributed by atoms with Gasteiger partial charge in [-0.1, -0.05) is 0 Å². The van der Waals surface area contributed by atoms with Crippen molar-refractivity contribution >= 4 is 27.5 Å². The Hall–Kier alpha value is -1.77. The Morgan fingerprint density at radius 1 is 1.43 bits per heavy atom. The molecule has 2 rings (SSSR count). The number of carbonyl (C=O) groups excluding carboxylic acids is 1. The van der Waals surface area contributed by atoms with Crippen LogP contribution in [0.2, 0.25) is 0 Å². The fourth-order valence-corrected chi connectivity index (χ4v) is 2.73. The summed E-state index contributed by atoms with van der Waals surface area (Å²) in [6, 6.07) is 0. The highest BCUT2D eigenvalue weighted by Gasteiger charge is 2.19. The van der Waals surface area contributed by atoms with E-state index in [0.717, 1.165) is 0 Å². The van der Waals surface area contributed by atoms with Gasteiger partial charge >= 0.3 is 5.97 Å². The summed E-state index contributed by atoms with van der Waals surface area (Å²) in [5.41, 5.74) is -0.0708. The predicted molar refractivity (Wildman–Crippen MR) is 77.6 cm³/mol. The number of hydrogen-bond acceptors (Lipinski definition) is 7. The zero-order valence-electron chi connectivity index (χ0n) is 12.0. The number of thiophene rings is 1. The number of esters is 1. The van der Waals surface area contributed by atoms with E-state index < -0.39 is 12.3 Å². The molecule has 0 aromatic carbocycles. The van der Waals surface area contributed by atoms with Crippen molar-refractivity contribution in [2.24, 2.45) is 0 Å². The number of rotatable bonds is 6. The Bertz CT molecular complexity index is 689. The Morgan fingerprint density at radius 3 is 2.76 bits per heavy atom. The van der Waals surface area contributed by atoms with Gasteiger partial charge in [0.05, 0.1) is 30.4 Å². The molecule has 0 aliphatic carbocycles. The highest BCUT2D eigenvalue weighted by molar-refractivity contribution is 7.17. The topological polar surface area (TPSA) is 79.7 Å². The molecule has 0 amide bonds.